The van der Waals surface area contributed by atoms with E-state index in [0.717, 1.165) is 76.3 Å². The van der Waals surface area contributed by atoms with E-state index in [4.69, 9.17) is 9.47 Å². The van der Waals surface area contributed by atoms with E-state index in [9.17, 15) is 13.9 Å². The molecule has 3 aromatic rings. The van der Waals surface area contributed by atoms with Crippen molar-refractivity contribution in [3.05, 3.63) is 72.3 Å². The third-order valence-electron chi connectivity index (χ3n) is 8.64. The Hall–Kier alpha value is -3.12. The van der Waals surface area contributed by atoms with Gasteiger partial charge in [0, 0.05) is 62.6 Å². The highest BCUT2D eigenvalue weighted by Crippen LogP contribution is 2.41. The number of ether oxygens (including phenoxy) is 2. The minimum absolute atomic E-state index is 0.0263. The second-order valence-corrected chi connectivity index (χ2v) is 11.6. The third kappa shape index (κ3) is 6.86. The van der Waals surface area contributed by atoms with Crippen molar-refractivity contribution in [2.75, 3.05) is 64.4 Å². The molecule has 1 aromatic heterocycles. The van der Waals surface area contributed by atoms with Crippen molar-refractivity contribution < 1.29 is 23.4 Å². The monoisotopic (exact) mass is 568 g/mol. The second kappa shape index (κ2) is 12.4. The molecule has 2 N–H and O–H groups in total. The fourth-order valence-electron chi connectivity index (χ4n) is 6.68. The summed E-state index contributed by atoms with van der Waals surface area (Å²) in [5, 5.41) is 19.5. The average Bonchev–Trinajstić information content (AvgIpc) is 3.67. The van der Waals surface area contributed by atoms with Gasteiger partial charge >= 0.3 is 0 Å². The minimum Gasteiger partial charge on any atom is -0.492 e. The van der Waals surface area contributed by atoms with Crippen LogP contribution in [-0.4, -0.2) is 94.8 Å². The highest BCUT2D eigenvalue weighted by molar-refractivity contribution is 5.47. The van der Waals surface area contributed by atoms with Crippen LogP contribution in [-0.2, 0) is 16.9 Å². The highest BCUT2D eigenvalue weighted by Gasteiger charge is 2.44. The molecule has 3 fully saturated rings. The maximum atomic E-state index is 14.8. The van der Waals surface area contributed by atoms with E-state index in [0.29, 0.717) is 24.5 Å². The summed E-state index contributed by atoms with van der Waals surface area (Å²) in [4.78, 5) is 8.51. The maximum absolute atomic E-state index is 14.8. The van der Waals surface area contributed by atoms with Crippen LogP contribution in [0.3, 0.4) is 0 Å². The van der Waals surface area contributed by atoms with Crippen molar-refractivity contribution >= 4 is 5.69 Å². The van der Waals surface area contributed by atoms with E-state index in [1.54, 1.807) is 0 Å². The number of morpholine rings is 1. The summed E-state index contributed by atoms with van der Waals surface area (Å²) >= 11 is 0. The van der Waals surface area contributed by atoms with E-state index >= 15 is 0 Å². The molecule has 0 bridgehead atoms. The number of β-amino-alcohol motifs (C(OH)–C–C–N with tert-alkyl or cyclic N) is 1. The van der Waals surface area contributed by atoms with E-state index < -0.39 is 17.2 Å². The Labute approximate surface area is 239 Å². The van der Waals surface area contributed by atoms with Gasteiger partial charge in [-0.25, -0.2) is 18.4 Å². The molecule has 11 heteroatoms. The smallest absolute Gasteiger partial charge is 0.137 e. The molecule has 0 radical (unpaired) electrons. The zero-order chi connectivity index (χ0) is 28.2. The number of rotatable bonds is 11. The van der Waals surface area contributed by atoms with Crippen LogP contribution < -0.4 is 10.1 Å². The molecule has 2 saturated heterocycles. The lowest BCUT2D eigenvalue weighted by molar-refractivity contribution is -0.0180. The van der Waals surface area contributed by atoms with Gasteiger partial charge in [-0.15, -0.1) is 0 Å². The molecule has 41 heavy (non-hydrogen) atoms. The summed E-state index contributed by atoms with van der Waals surface area (Å²) in [6, 6.07) is 11.9. The lowest BCUT2D eigenvalue weighted by atomic mass is 9.92. The Bertz CT molecular complexity index is 1260. The summed E-state index contributed by atoms with van der Waals surface area (Å²) in [6.07, 6.45) is 4.93. The minimum atomic E-state index is -1.58. The first-order valence-corrected chi connectivity index (χ1v) is 14.5. The first-order chi connectivity index (χ1) is 19.9. The Balaban J connectivity index is 1.01. The molecule has 0 amide bonds. The summed E-state index contributed by atoms with van der Waals surface area (Å²) in [6.45, 7) is 6.98. The Morgan fingerprint density at radius 2 is 1.76 bits per heavy atom. The van der Waals surface area contributed by atoms with Crippen LogP contribution in [0.5, 0.6) is 5.75 Å². The van der Waals surface area contributed by atoms with Gasteiger partial charge in [0.1, 0.15) is 42.2 Å². The number of aromatic nitrogens is 3. The molecular weight excluding hydrogens is 530 g/mol. The van der Waals surface area contributed by atoms with Gasteiger partial charge in [-0.05, 0) is 55.0 Å². The molecule has 9 nitrogen and oxygen atoms in total. The first kappa shape index (κ1) is 28.0. The van der Waals surface area contributed by atoms with Crippen molar-refractivity contribution in [2.45, 2.75) is 31.0 Å². The van der Waals surface area contributed by atoms with E-state index in [1.165, 1.54) is 29.5 Å². The van der Waals surface area contributed by atoms with Crippen LogP contribution in [0.4, 0.5) is 14.5 Å². The average molecular weight is 569 g/mol. The van der Waals surface area contributed by atoms with Crippen LogP contribution in [0.25, 0.3) is 0 Å². The third-order valence-corrected chi connectivity index (χ3v) is 8.64. The number of nitrogens with one attached hydrogen (secondary N) is 1. The summed E-state index contributed by atoms with van der Waals surface area (Å²) in [7, 11) is 0. The second-order valence-electron chi connectivity index (χ2n) is 11.6. The number of benzene rings is 2. The van der Waals surface area contributed by atoms with Gasteiger partial charge in [-0.2, -0.15) is 5.10 Å². The zero-order valence-electron chi connectivity index (χ0n) is 23.2. The van der Waals surface area contributed by atoms with Gasteiger partial charge in [-0.1, -0.05) is 6.07 Å². The largest absolute Gasteiger partial charge is 0.492 e. The summed E-state index contributed by atoms with van der Waals surface area (Å²) < 4.78 is 41.3. The number of hydrogen-bond donors (Lipinski definition) is 2. The van der Waals surface area contributed by atoms with Gasteiger partial charge < -0.3 is 19.9 Å². The fraction of sp³-hybridized carbons (Fsp3) is 0.533. The Morgan fingerprint density at radius 3 is 2.44 bits per heavy atom. The lowest BCUT2D eigenvalue weighted by Gasteiger charge is -2.33. The molecule has 0 spiro atoms. The van der Waals surface area contributed by atoms with Crippen molar-refractivity contribution in [1.82, 2.24) is 24.6 Å². The van der Waals surface area contributed by atoms with Crippen LogP contribution >= 0.6 is 0 Å². The molecule has 6 rings (SSSR count). The van der Waals surface area contributed by atoms with Crippen LogP contribution in [0, 0.1) is 23.5 Å². The predicted octanol–water partition coefficient (Wildman–Crippen LogP) is 2.98. The number of fused-ring (bicyclic) bond motifs is 1. The molecule has 3 aliphatic rings. The standard InChI is InChI=1S/C30H38F2N6O3/c31-24-1-6-28(29(32)15-24)30(39,19-38-21-33-20-34-38)18-37-16-22-13-26(14-23(22)17-37)35-25-2-4-27(5-3-25)41-12-9-36-7-10-40-11-8-36/h1-6,15,20-23,26,35,39H,7-14,16-19H2/t22-,23+,26?,30?. The highest BCUT2D eigenvalue weighted by atomic mass is 19.1. The molecule has 3 heterocycles. The van der Waals surface area contributed by atoms with Gasteiger partial charge in [-0.3, -0.25) is 9.80 Å². The van der Waals surface area contributed by atoms with E-state index in [2.05, 4.69) is 37.3 Å². The van der Waals surface area contributed by atoms with Crippen molar-refractivity contribution in [3.8, 4) is 5.75 Å². The van der Waals surface area contributed by atoms with Crippen LogP contribution in [0.2, 0.25) is 0 Å². The number of anilines is 1. The molecule has 2 aromatic carbocycles. The van der Waals surface area contributed by atoms with Crippen molar-refractivity contribution in [2.24, 2.45) is 11.8 Å². The molecule has 1 aliphatic carbocycles. The van der Waals surface area contributed by atoms with Gasteiger partial charge in [0.05, 0.1) is 19.8 Å². The van der Waals surface area contributed by atoms with Crippen LogP contribution in [0.15, 0.2) is 55.1 Å². The number of likely N-dealkylation sites (tertiary alicyclic amines) is 1. The molecular formula is C30H38F2N6O3. The van der Waals surface area contributed by atoms with Crippen molar-refractivity contribution in [1.29, 1.82) is 0 Å². The number of halogens is 2. The predicted molar refractivity (Wildman–Crippen MR) is 150 cm³/mol. The van der Waals surface area contributed by atoms with Crippen molar-refractivity contribution in [3.63, 3.8) is 0 Å². The number of aliphatic hydroxyl groups is 1. The Morgan fingerprint density at radius 1 is 1.00 bits per heavy atom. The maximum Gasteiger partial charge on any atom is 0.137 e. The number of hydrogen-bond acceptors (Lipinski definition) is 8. The fourth-order valence-corrected chi connectivity index (χ4v) is 6.68. The van der Waals surface area contributed by atoms with Crippen LogP contribution in [0.1, 0.15) is 18.4 Å². The van der Waals surface area contributed by atoms with E-state index in [-0.39, 0.29) is 18.7 Å². The zero-order valence-corrected chi connectivity index (χ0v) is 23.2. The van der Waals surface area contributed by atoms with E-state index in [1.807, 2.05) is 12.1 Å². The first-order valence-electron chi connectivity index (χ1n) is 14.5. The molecule has 1 saturated carbocycles. The summed E-state index contributed by atoms with van der Waals surface area (Å²) in [5.74, 6) is 0.422. The normalized spacial score (nSPS) is 24.7. The molecule has 2 unspecified atom stereocenters. The molecule has 2 aliphatic heterocycles. The quantitative estimate of drug-likeness (QED) is 0.365. The van der Waals surface area contributed by atoms with Gasteiger partial charge in [0.15, 0.2) is 0 Å². The number of nitrogens with zero attached hydrogens (tertiary/aromatic N) is 5. The lowest BCUT2D eigenvalue weighted by Crippen LogP contribution is -2.44. The topological polar surface area (TPSA) is 87.9 Å². The summed E-state index contributed by atoms with van der Waals surface area (Å²) in [5.41, 5.74) is -0.422. The van der Waals surface area contributed by atoms with Gasteiger partial charge in [0.25, 0.3) is 0 Å². The molecule has 220 valence electrons. The van der Waals surface area contributed by atoms with Gasteiger partial charge in [0.2, 0.25) is 0 Å². The Kier molecular flexibility index (Phi) is 8.47. The molecule has 4 atom stereocenters. The SMILES string of the molecule is OC(CN1C[C@H]2CC(Nc3ccc(OCCN4CCOCC4)cc3)C[C@H]2C1)(Cn1cncn1)c1ccc(F)cc1F.